The largest absolute Gasteiger partial charge is 0.457 e. The molecule has 0 radical (unpaired) electrons. The summed E-state index contributed by atoms with van der Waals surface area (Å²) < 4.78 is 13.0. The second kappa shape index (κ2) is 9.31. The maximum Gasteiger partial charge on any atom is 0.355 e. The molecule has 0 unspecified atom stereocenters. The van der Waals surface area contributed by atoms with E-state index in [0.29, 0.717) is 29.1 Å². The Morgan fingerprint density at radius 2 is 1.97 bits per heavy atom. The fourth-order valence-electron chi connectivity index (χ4n) is 5.36. The van der Waals surface area contributed by atoms with Gasteiger partial charge in [0.25, 0.3) is 5.56 Å². The molecular formula is C26H27ClN4O5. The minimum absolute atomic E-state index is 0. The third-order valence-electron chi connectivity index (χ3n) is 7.23. The van der Waals surface area contributed by atoms with Crippen LogP contribution in [0.5, 0.6) is 0 Å². The number of piperazine rings is 1. The molecule has 9 nitrogen and oxygen atoms in total. The quantitative estimate of drug-likeness (QED) is 0.416. The SMILES string of the molecule is CC[C@@]1(OC(=O)CN2CCNCC2)C(=O)OCc2c1cc1n(c2=O)Cc2cc3ccccc3nc2-1.Cl. The number of benzene rings is 1. The van der Waals surface area contributed by atoms with E-state index in [1.54, 1.807) is 17.6 Å². The van der Waals surface area contributed by atoms with Gasteiger partial charge in [0.1, 0.15) is 6.61 Å². The first-order valence-corrected chi connectivity index (χ1v) is 12.0. The number of fused-ring (bicyclic) bond motifs is 5. The van der Waals surface area contributed by atoms with Crippen LogP contribution in [0.25, 0.3) is 22.3 Å². The number of pyridine rings is 2. The Hall–Kier alpha value is -3.27. The molecule has 10 heteroatoms. The van der Waals surface area contributed by atoms with Gasteiger partial charge in [0.05, 0.1) is 35.6 Å². The highest BCUT2D eigenvalue weighted by molar-refractivity contribution is 5.88. The highest BCUT2D eigenvalue weighted by Gasteiger charge is 2.50. The van der Waals surface area contributed by atoms with Crippen LogP contribution < -0.4 is 10.9 Å². The number of carbonyl (C=O) groups is 2. The van der Waals surface area contributed by atoms with E-state index in [1.807, 2.05) is 35.2 Å². The lowest BCUT2D eigenvalue weighted by Gasteiger charge is -2.36. The predicted octanol–water partition coefficient (Wildman–Crippen LogP) is 1.96. The standard InChI is InChI=1S/C26H26N4O5.ClH/c1-2-26(35-22(31)14-29-9-7-27-8-10-29)19-12-21-23-17(11-16-5-3-4-6-20(16)28-23)13-30(21)24(32)18(19)15-34-25(26)33;/h3-6,11-12,27H,2,7-10,13-15H2,1H3;1H/t26-;/m0./s1. The number of esters is 2. The van der Waals surface area contributed by atoms with Crippen LogP contribution in [0.15, 0.2) is 41.2 Å². The maximum absolute atomic E-state index is 13.6. The third-order valence-corrected chi connectivity index (χ3v) is 7.23. The number of nitrogens with one attached hydrogen (secondary N) is 1. The van der Waals surface area contributed by atoms with Crippen molar-refractivity contribution < 1.29 is 19.1 Å². The number of hydrogen-bond donors (Lipinski definition) is 1. The van der Waals surface area contributed by atoms with E-state index in [-0.39, 0.29) is 37.5 Å². The first kappa shape index (κ1) is 24.4. The van der Waals surface area contributed by atoms with E-state index in [2.05, 4.69) is 5.32 Å². The van der Waals surface area contributed by atoms with E-state index >= 15 is 0 Å². The number of nitrogens with zero attached hydrogens (tertiary/aromatic N) is 3. The lowest BCUT2D eigenvalue weighted by atomic mass is 9.85. The molecule has 1 N–H and O–H groups in total. The topological polar surface area (TPSA) is 103 Å². The fraction of sp³-hybridized carbons (Fsp3) is 0.385. The van der Waals surface area contributed by atoms with E-state index in [0.717, 1.165) is 42.6 Å². The minimum atomic E-state index is -1.66. The monoisotopic (exact) mass is 510 g/mol. The van der Waals surface area contributed by atoms with Crippen molar-refractivity contribution >= 4 is 35.2 Å². The van der Waals surface area contributed by atoms with Gasteiger partial charge in [0.15, 0.2) is 0 Å². The smallest absolute Gasteiger partial charge is 0.355 e. The molecule has 0 amide bonds. The van der Waals surface area contributed by atoms with Gasteiger partial charge in [-0.25, -0.2) is 9.78 Å². The van der Waals surface area contributed by atoms with Crippen LogP contribution in [0, 0.1) is 0 Å². The van der Waals surface area contributed by atoms with Crippen molar-refractivity contribution in [3.63, 3.8) is 0 Å². The summed E-state index contributed by atoms with van der Waals surface area (Å²) >= 11 is 0. The molecule has 0 spiro atoms. The molecule has 0 saturated carbocycles. The molecule has 2 aromatic heterocycles. The molecule has 188 valence electrons. The Kier molecular flexibility index (Phi) is 6.32. The zero-order chi connectivity index (χ0) is 24.2. The van der Waals surface area contributed by atoms with E-state index in [9.17, 15) is 14.4 Å². The number of ether oxygens (including phenoxy) is 2. The molecule has 1 aromatic carbocycles. The molecule has 6 rings (SSSR count). The number of halogens is 1. The van der Waals surface area contributed by atoms with Gasteiger partial charge in [-0.15, -0.1) is 12.4 Å². The number of rotatable bonds is 4. The van der Waals surface area contributed by atoms with Gasteiger partial charge in [0.2, 0.25) is 5.60 Å². The molecule has 3 aliphatic heterocycles. The van der Waals surface area contributed by atoms with E-state index in [1.165, 1.54) is 0 Å². The molecule has 36 heavy (non-hydrogen) atoms. The second-order valence-electron chi connectivity index (χ2n) is 9.26. The molecule has 3 aromatic rings. The summed E-state index contributed by atoms with van der Waals surface area (Å²) in [6, 6.07) is 11.6. The van der Waals surface area contributed by atoms with Crippen molar-refractivity contribution in [1.29, 1.82) is 0 Å². The average Bonchev–Trinajstić information content (AvgIpc) is 3.23. The van der Waals surface area contributed by atoms with Crippen molar-refractivity contribution in [3.05, 3.63) is 63.4 Å². The number of aromatic nitrogens is 2. The summed E-state index contributed by atoms with van der Waals surface area (Å²) in [7, 11) is 0. The van der Waals surface area contributed by atoms with E-state index < -0.39 is 17.5 Å². The summed E-state index contributed by atoms with van der Waals surface area (Å²) in [6.07, 6.45) is 0.160. The normalized spacial score (nSPS) is 20.6. The lowest BCUT2D eigenvalue weighted by Crippen LogP contribution is -2.50. The van der Waals surface area contributed by atoms with Crippen LogP contribution in [-0.4, -0.2) is 59.1 Å². The number of carbonyl (C=O) groups excluding carboxylic acids is 2. The summed E-state index contributed by atoms with van der Waals surface area (Å²) in [5.41, 5.74) is 1.95. The van der Waals surface area contributed by atoms with Gasteiger partial charge in [-0.3, -0.25) is 14.5 Å². The van der Waals surface area contributed by atoms with Crippen LogP contribution in [0.4, 0.5) is 0 Å². The highest BCUT2D eigenvalue weighted by Crippen LogP contribution is 2.41. The van der Waals surface area contributed by atoms with Gasteiger partial charge in [0, 0.05) is 42.7 Å². The van der Waals surface area contributed by atoms with Crippen LogP contribution in [-0.2, 0) is 37.8 Å². The molecule has 0 bridgehead atoms. The number of cyclic esters (lactones) is 1. The van der Waals surface area contributed by atoms with Gasteiger partial charge < -0.3 is 19.4 Å². The Bertz CT molecular complexity index is 1430. The van der Waals surface area contributed by atoms with Gasteiger partial charge in [-0.05, 0) is 24.6 Å². The van der Waals surface area contributed by atoms with Crippen LogP contribution in [0.1, 0.15) is 30.0 Å². The summed E-state index contributed by atoms with van der Waals surface area (Å²) in [5, 5.41) is 4.25. The van der Waals surface area contributed by atoms with Crippen LogP contribution in [0.3, 0.4) is 0 Å². The van der Waals surface area contributed by atoms with Crippen molar-refractivity contribution in [3.8, 4) is 11.4 Å². The first-order chi connectivity index (χ1) is 17.0. The fourth-order valence-corrected chi connectivity index (χ4v) is 5.36. The predicted molar refractivity (Wildman–Crippen MR) is 135 cm³/mol. The summed E-state index contributed by atoms with van der Waals surface area (Å²) in [4.78, 5) is 46.5. The van der Waals surface area contributed by atoms with Crippen LogP contribution in [0.2, 0.25) is 0 Å². The molecule has 3 aliphatic rings. The molecule has 1 atom stereocenters. The Labute approximate surface area is 213 Å². The minimum Gasteiger partial charge on any atom is -0.457 e. The molecule has 5 heterocycles. The van der Waals surface area contributed by atoms with Crippen molar-refractivity contribution in [2.75, 3.05) is 32.7 Å². The molecule has 1 saturated heterocycles. The van der Waals surface area contributed by atoms with Gasteiger partial charge >= 0.3 is 11.9 Å². The average molecular weight is 511 g/mol. The Balaban J connectivity index is 0.00000267. The van der Waals surface area contributed by atoms with E-state index in [4.69, 9.17) is 14.5 Å². The zero-order valence-electron chi connectivity index (χ0n) is 19.9. The van der Waals surface area contributed by atoms with Crippen molar-refractivity contribution in [1.82, 2.24) is 19.8 Å². The van der Waals surface area contributed by atoms with Gasteiger partial charge in [-0.1, -0.05) is 25.1 Å². The summed E-state index contributed by atoms with van der Waals surface area (Å²) in [5.74, 6) is -1.15. The number of para-hydroxylation sites is 1. The van der Waals surface area contributed by atoms with Crippen LogP contribution >= 0.6 is 12.4 Å². The molecular weight excluding hydrogens is 484 g/mol. The Morgan fingerprint density at radius 1 is 1.19 bits per heavy atom. The van der Waals surface area contributed by atoms with Gasteiger partial charge in [-0.2, -0.15) is 0 Å². The third kappa shape index (κ3) is 3.78. The first-order valence-electron chi connectivity index (χ1n) is 12.0. The highest BCUT2D eigenvalue weighted by atomic mass is 35.5. The number of hydrogen-bond acceptors (Lipinski definition) is 8. The summed E-state index contributed by atoms with van der Waals surface area (Å²) in [6.45, 7) is 5.12. The maximum atomic E-state index is 13.6. The van der Waals surface area contributed by atoms with Crippen molar-refractivity contribution in [2.24, 2.45) is 0 Å². The molecule has 1 fully saturated rings. The lowest BCUT2D eigenvalue weighted by molar-refractivity contribution is -0.190. The zero-order valence-corrected chi connectivity index (χ0v) is 20.7. The molecule has 0 aliphatic carbocycles. The second-order valence-corrected chi connectivity index (χ2v) is 9.26. The Morgan fingerprint density at radius 3 is 2.75 bits per heavy atom. The van der Waals surface area contributed by atoms with Crippen molar-refractivity contribution in [2.45, 2.75) is 32.1 Å².